The number of amides is 3. The van der Waals surface area contributed by atoms with Crippen molar-refractivity contribution in [1.29, 1.82) is 0 Å². The number of anilines is 1. The van der Waals surface area contributed by atoms with Gasteiger partial charge in [-0.3, -0.25) is 4.79 Å². The second-order valence-electron chi connectivity index (χ2n) is 8.85. The maximum Gasteiger partial charge on any atom is 0.322 e. The van der Waals surface area contributed by atoms with Crippen molar-refractivity contribution in [2.45, 2.75) is 26.9 Å². The van der Waals surface area contributed by atoms with Crippen LogP contribution in [0.2, 0.25) is 10.0 Å². The predicted octanol–water partition coefficient (Wildman–Crippen LogP) is 6.50. The average molecular weight is 548 g/mol. The highest BCUT2D eigenvalue weighted by Gasteiger charge is 2.24. The molecule has 0 bridgehead atoms. The molecule has 4 rings (SSSR count). The maximum atomic E-state index is 13.6. The molecule has 0 saturated carbocycles. The van der Waals surface area contributed by atoms with Crippen LogP contribution in [-0.2, 0) is 17.9 Å². The number of benzene rings is 2. The Morgan fingerprint density at radius 1 is 1.03 bits per heavy atom. The predicted molar refractivity (Wildman–Crippen MR) is 143 cm³/mol. The molecule has 0 atom stereocenters. The summed E-state index contributed by atoms with van der Waals surface area (Å²) in [4.78, 5) is 31.1. The number of nitrogens with zero attached hydrogens (tertiary/aromatic N) is 2. The first kappa shape index (κ1) is 26.1. The summed E-state index contributed by atoms with van der Waals surface area (Å²) in [5.74, 6) is 1.34. The van der Waals surface area contributed by atoms with Crippen LogP contribution in [-0.4, -0.2) is 41.6 Å². The Morgan fingerprint density at radius 2 is 1.83 bits per heavy atom. The first-order valence-corrected chi connectivity index (χ1v) is 13.1. The largest absolute Gasteiger partial charge is 0.454 e. The zero-order valence-corrected chi connectivity index (χ0v) is 22.3. The van der Waals surface area contributed by atoms with E-state index in [1.165, 1.54) is 4.90 Å². The molecule has 190 valence electrons. The summed E-state index contributed by atoms with van der Waals surface area (Å²) in [6, 6.07) is 14.0. The number of carbonyl (C=O) groups excluding carboxylic acids is 2. The van der Waals surface area contributed by atoms with E-state index in [9.17, 15) is 9.59 Å². The highest BCUT2D eigenvalue weighted by Crippen LogP contribution is 2.33. The lowest BCUT2D eigenvalue weighted by molar-refractivity contribution is -0.133. The first-order chi connectivity index (χ1) is 17.3. The minimum absolute atomic E-state index is 0.0782. The van der Waals surface area contributed by atoms with E-state index < -0.39 is 6.03 Å². The van der Waals surface area contributed by atoms with E-state index in [0.29, 0.717) is 46.9 Å². The summed E-state index contributed by atoms with van der Waals surface area (Å²) >= 11 is 13.8. The van der Waals surface area contributed by atoms with Crippen LogP contribution >= 0.6 is 34.5 Å². The molecule has 7 nitrogen and oxygen atoms in total. The Bertz CT molecular complexity index is 1220. The van der Waals surface area contributed by atoms with Crippen molar-refractivity contribution >= 4 is 52.2 Å². The lowest BCUT2D eigenvalue weighted by atomic mass is 10.1. The van der Waals surface area contributed by atoms with Crippen LogP contribution in [0.4, 0.5) is 10.5 Å². The standard InChI is InChI=1S/C26H27Cl2N3O4S/c1-17(2)12-31(26(33)29-22-7-6-19(27)11-21(22)28)15-25(32)30(14-20-4-3-9-36-20)13-18-5-8-23-24(10-18)35-16-34-23/h3-11,17H,12-16H2,1-2H3,(H,29,33). The fourth-order valence-corrected chi connectivity index (χ4v) is 4.97. The van der Waals surface area contributed by atoms with Gasteiger partial charge in [0, 0.05) is 23.0 Å². The van der Waals surface area contributed by atoms with Crippen molar-refractivity contribution in [2.24, 2.45) is 5.92 Å². The van der Waals surface area contributed by atoms with E-state index in [0.717, 1.165) is 10.4 Å². The quantitative estimate of drug-likeness (QED) is 0.331. The maximum absolute atomic E-state index is 13.6. The number of nitrogens with one attached hydrogen (secondary N) is 1. The SMILES string of the molecule is CC(C)CN(CC(=O)N(Cc1ccc2c(c1)OCO2)Cc1cccs1)C(=O)Nc1ccc(Cl)cc1Cl. The van der Waals surface area contributed by atoms with Gasteiger partial charge < -0.3 is 24.6 Å². The number of hydrogen-bond donors (Lipinski definition) is 1. The van der Waals surface area contributed by atoms with E-state index in [2.05, 4.69) is 5.32 Å². The average Bonchev–Trinajstić information content (AvgIpc) is 3.51. The van der Waals surface area contributed by atoms with Crippen molar-refractivity contribution in [3.63, 3.8) is 0 Å². The topological polar surface area (TPSA) is 71.1 Å². The van der Waals surface area contributed by atoms with Crippen LogP contribution in [0.25, 0.3) is 0 Å². The van der Waals surface area contributed by atoms with Crippen LogP contribution in [0.5, 0.6) is 11.5 Å². The third-order valence-corrected chi connectivity index (χ3v) is 6.87. The van der Waals surface area contributed by atoms with Crippen molar-refractivity contribution < 1.29 is 19.1 Å². The molecule has 36 heavy (non-hydrogen) atoms. The molecule has 1 N–H and O–H groups in total. The normalized spacial score (nSPS) is 12.0. The molecule has 2 heterocycles. The fraction of sp³-hybridized carbons (Fsp3) is 0.308. The molecule has 0 fully saturated rings. The second-order valence-corrected chi connectivity index (χ2v) is 10.7. The molecule has 2 aromatic carbocycles. The van der Waals surface area contributed by atoms with Gasteiger partial charge in [0.2, 0.25) is 12.7 Å². The first-order valence-electron chi connectivity index (χ1n) is 11.5. The Kier molecular flexibility index (Phi) is 8.61. The number of fused-ring (bicyclic) bond motifs is 1. The lowest BCUT2D eigenvalue weighted by Crippen LogP contribution is -2.45. The summed E-state index contributed by atoms with van der Waals surface area (Å²) in [5.41, 5.74) is 1.35. The van der Waals surface area contributed by atoms with Gasteiger partial charge in [0.15, 0.2) is 11.5 Å². The number of urea groups is 1. The molecular formula is C26H27Cl2N3O4S. The van der Waals surface area contributed by atoms with Crippen molar-refractivity contribution in [2.75, 3.05) is 25.2 Å². The van der Waals surface area contributed by atoms with E-state index in [1.807, 2.05) is 49.6 Å². The molecule has 3 amide bonds. The molecule has 1 aromatic heterocycles. The number of ether oxygens (including phenoxy) is 2. The van der Waals surface area contributed by atoms with E-state index in [1.54, 1.807) is 34.4 Å². The number of thiophene rings is 1. The monoisotopic (exact) mass is 547 g/mol. The Morgan fingerprint density at radius 3 is 2.56 bits per heavy atom. The van der Waals surface area contributed by atoms with E-state index in [4.69, 9.17) is 32.7 Å². The molecule has 0 spiro atoms. The van der Waals surface area contributed by atoms with Crippen LogP contribution in [0.1, 0.15) is 24.3 Å². The molecule has 0 radical (unpaired) electrons. The summed E-state index contributed by atoms with van der Waals surface area (Å²) in [7, 11) is 0. The highest BCUT2D eigenvalue weighted by atomic mass is 35.5. The summed E-state index contributed by atoms with van der Waals surface area (Å²) < 4.78 is 10.9. The summed E-state index contributed by atoms with van der Waals surface area (Å²) in [5, 5.41) is 5.59. The molecule has 0 aliphatic carbocycles. The number of halogens is 2. The fourth-order valence-electron chi connectivity index (χ4n) is 3.79. The van der Waals surface area contributed by atoms with Crippen LogP contribution in [0.3, 0.4) is 0 Å². The zero-order valence-electron chi connectivity index (χ0n) is 20.0. The Labute approximate surface area is 224 Å². The minimum Gasteiger partial charge on any atom is -0.454 e. The van der Waals surface area contributed by atoms with Gasteiger partial charge in [-0.2, -0.15) is 0 Å². The number of carbonyl (C=O) groups is 2. The number of rotatable bonds is 9. The van der Waals surface area contributed by atoms with Crippen molar-refractivity contribution in [3.05, 3.63) is 74.4 Å². The molecule has 10 heteroatoms. The molecule has 1 aliphatic heterocycles. The smallest absolute Gasteiger partial charge is 0.322 e. The molecule has 3 aromatic rings. The molecule has 0 saturated heterocycles. The van der Waals surface area contributed by atoms with Crippen LogP contribution in [0.15, 0.2) is 53.9 Å². The Balaban J connectivity index is 1.51. The molecule has 1 aliphatic rings. The molecular weight excluding hydrogens is 521 g/mol. The van der Waals surface area contributed by atoms with Gasteiger partial charge in [-0.15, -0.1) is 11.3 Å². The van der Waals surface area contributed by atoms with Gasteiger partial charge in [0.1, 0.15) is 6.54 Å². The third kappa shape index (κ3) is 6.84. The van der Waals surface area contributed by atoms with Crippen LogP contribution in [0, 0.1) is 5.92 Å². The van der Waals surface area contributed by atoms with Crippen molar-refractivity contribution in [1.82, 2.24) is 9.80 Å². The third-order valence-electron chi connectivity index (χ3n) is 5.46. The lowest BCUT2D eigenvalue weighted by Gasteiger charge is -2.29. The second kappa shape index (κ2) is 11.9. The van der Waals surface area contributed by atoms with Gasteiger partial charge >= 0.3 is 6.03 Å². The van der Waals surface area contributed by atoms with Gasteiger partial charge in [-0.05, 0) is 53.3 Å². The summed E-state index contributed by atoms with van der Waals surface area (Å²) in [6.07, 6.45) is 0. The van der Waals surface area contributed by atoms with Crippen LogP contribution < -0.4 is 14.8 Å². The van der Waals surface area contributed by atoms with Gasteiger partial charge in [-0.1, -0.05) is 49.2 Å². The van der Waals surface area contributed by atoms with E-state index >= 15 is 0 Å². The minimum atomic E-state index is -0.402. The Hall–Kier alpha value is -2.94. The van der Waals surface area contributed by atoms with E-state index in [-0.39, 0.29) is 25.2 Å². The van der Waals surface area contributed by atoms with Crippen molar-refractivity contribution in [3.8, 4) is 11.5 Å². The van der Waals surface area contributed by atoms with Gasteiger partial charge in [0.25, 0.3) is 0 Å². The van der Waals surface area contributed by atoms with Gasteiger partial charge in [-0.25, -0.2) is 4.79 Å². The van der Waals surface area contributed by atoms with Gasteiger partial charge in [0.05, 0.1) is 17.3 Å². The number of hydrogen-bond acceptors (Lipinski definition) is 5. The molecule has 0 unspecified atom stereocenters. The zero-order chi connectivity index (χ0) is 25.7. The highest BCUT2D eigenvalue weighted by molar-refractivity contribution is 7.09. The summed E-state index contributed by atoms with van der Waals surface area (Å²) in [6.45, 7) is 5.31.